The molecule has 0 aliphatic carbocycles. The molecule has 114 valence electrons. The first kappa shape index (κ1) is 13.6. The quantitative estimate of drug-likeness (QED) is 0.682. The van der Waals surface area contributed by atoms with E-state index in [2.05, 4.69) is 4.99 Å². The standard InChI is InChI=1S/C15H14ClN3O3/c1-18-14(20)9-5-13-17-11-4-8(16)2-3-12(11)22-7-19(13)6-10(9)15(18)21/h2-4,9-10H,5-7H2,1H3. The van der Waals surface area contributed by atoms with Gasteiger partial charge in [-0.2, -0.15) is 0 Å². The van der Waals surface area contributed by atoms with Gasteiger partial charge in [0.1, 0.15) is 17.3 Å². The van der Waals surface area contributed by atoms with Crippen molar-refractivity contribution < 1.29 is 14.3 Å². The maximum Gasteiger partial charge on any atom is 0.234 e. The number of halogens is 1. The lowest BCUT2D eigenvalue weighted by atomic mass is 9.87. The zero-order chi connectivity index (χ0) is 15.4. The lowest BCUT2D eigenvalue weighted by molar-refractivity contribution is -0.138. The number of carbonyl (C=O) groups is 2. The van der Waals surface area contributed by atoms with Gasteiger partial charge in [-0.15, -0.1) is 0 Å². The van der Waals surface area contributed by atoms with E-state index in [1.807, 2.05) is 4.90 Å². The van der Waals surface area contributed by atoms with Crippen molar-refractivity contribution in [2.24, 2.45) is 16.8 Å². The summed E-state index contributed by atoms with van der Waals surface area (Å²) >= 11 is 6.01. The molecule has 2 atom stereocenters. The number of benzene rings is 1. The molecule has 0 aromatic heterocycles. The fraction of sp³-hybridized carbons (Fsp3) is 0.400. The van der Waals surface area contributed by atoms with Gasteiger partial charge in [-0.1, -0.05) is 11.6 Å². The Kier molecular flexibility index (Phi) is 2.91. The highest BCUT2D eigenvalue weighted by Gasteiger charge is 2.50. The maximum absolute atomic E-state index is 12.2. The summed E-state index contributed by atoms with van der Waals surface area (Å²) in [6.07, 6.45) is 0.453. The third-order valence-electron chi connectivity index (χ3n) is 4.51. The molecule has 3 aliphatic heterocycles. The van der Waals surface area contributed by atoms with Crippen molar-refractivity contribution in [3.63, 3.8) is 0 Å². The first-order valence-electron chi connectivity index (χ1n) is 7.11. The van der Waals surface area contributed by atoms with Crippen molar-refractivity contribution >= 4 is 34.9 Å². The smallest absolute Gasteiger partial charge is 0.234 e. The molecule has 0 radical (unpaired) electrons. The second kappa shape index (κ2) is 4.71. The Labute approximate surface area is 132 Å². The van der Waals surface area contributed by atoms with Crippen LogP contribution >= 0.6 is 11.6 Å². The summed E-state index contributed by atoms with van der Waals surface area (Å²) in [7, 11) is 1.54. The average molecular weight is 320 g/mol. The molecule has 2 saturated heterocycles. The van der Waals surface area contributed by atoms with Crippen LogP contribution in [0, 0.1) is 11.8 Å². The van der Waals surface area contributed by atoms with Crippen LogP contribution in [-0.2, 0) is 9.59 Å². The van der Waals surface area contributed by atoms with Crippen LogP contribution in [0.5, 0.6) is 5.75 Å². The largest absolute Gasteiger partial charge is 0.471 e. The van der Waals surface area contributed by atoms with Crippen LogP contribution in [0.4, 0.5) is 5.69 Å². The number of fused-ring (bicyclic) bond motifs is 3. The number of amides is 2. The van der Waals surface area contributed by atoms with Gasteiger partial charge in [0.15, 0.2) is 6.73 Å². The van der Waals surface area contributed by atoms with E-state index in [0.717, 1.165) is 5.84 Å². The highest BCUT2D eigenvalue weighted by Crippen LogP contribution is 2.38. The molecule has 1 aromatic rings. The van der Waals surface area contributed by atoms with E-state index in [9.17, 15) is 9.59 Å². The Morgan fingerprint density at radius 1 is 1.27 bits per heavy atom. The summed E-state index contributed by atoms with van der Waals surface area (Å²) in [4.78, 5) is 32.1. The summed E-state index contributed by atoms with van der Waals surface area (Å²) in [5, 5.41) is 0.584. The van der Waals surface area contributed by atoms with E-state index >= 15 is 0 Å². The Balaban J connectivity index is 1.72. The average Bonchev–Trinajstić information content (AvgIpc) is 2.66. The van der Waals surface area contributed by atoms with E-state index in [0.29, 0.717) is 36.2 Å². The zero-order valence-electron chi connectivity index (χ0n) is 12.0. The molecule has 0 spiro atoms. The molecule has 4 rings (SSSR count). The highest BCUT2D eigenvalue weighted by atomic mass is 35.5. The number of imide groups is 1. The molecule has 2 unspecified atom stereocenters. The Bertz CT molecular complexity index is 718. The third-order valence-corrected chi connectivity index (χ3v) is 4.75. The molecule has 1 aromatic carbocycles. The van der Waals surface area contributed by atoms with E-state index in [-0.39, 0.29) is 23.7 Å². The lowest BCUT2D eigenvalue weighted by Gasteiger charge is -2.33. The minimum atomic E-state index is -0.312. The van der Waals surface area contributed by atoms with Gasteiger partial charge in [-0.05, 0) is 18.2 Å². The summed E-state index contributed by atoms with van der Waals surface area (Å²) in [5.74, 6) is 0.593. The van der Waals surface area contributed by atoms with Crippen molar-refractivity contribution in [3.05, 3.63) is 23.2 Å². The van der Waals surface area contributed by atoms with Gasteiger partial charge in [-0.3, -0.25) is 14.5 Å². The van der Waals surface area contributed by atoms with Crippen LogP contribution < -0.4 is 4.74 Å². The number of ether oxygens (including phenoxy) is 1. The Hall–Kier alpha value is -2.08. The highest BCUT2D eigenvalue weighted by molar-refractivity contribution is 6.30. The molecule has 3 heterocycles. The normalized spacial score (nSPS) is 26.7. The zero-order valence-corrected chi connectivity index (χ0v) is 12.7. The first-order chi connectivity index (χ1) is 10.5. The van der Waals surface area contributed by atoms with Crippen molar-refractivity contribution in [2.75, 3.05) is 20.3 Å². The third kappa shape index (κ3) is 1.90. The predicted molar refractivity (Wildman–Crippen MR) is 80.1 cm³/mol. The summed E-state index contributed by atoms with van der Waals surface area (Å²) in [6, 6.07) is 5.28. The number of likely N-dealkylation sites (tertiary alicyclic amines) is 1. The molecular weight excluding hydrogens is 306 g/mol. The second-order valence-electron chi connectivity index (χ2n) is 5.79. The molecule has 22 heavy (non-hydrogen) atoms. The Morgan fingerprint density at radius 2 is 2.05 bits per heavy atom. The van der Waals surface area contributed by atoms with Crippen molar-refractivity contribution in [1.29, 1.82) is 0 Å². The van der Waals surface area contributed by atoms with Crippen LogP contribution in [0.1, 0.15) is 6.42 Å². The first-order valence-corrected chi connectivity index (χ1v) is 7.48. The molecular formula is C15H14ClN3O3. The van der Waals surface area contributed by atoms with Crippen molar-refractivity contribution in [2.45, 2.75) is 6.42 Å². The summed E-state index contributed by atoms with van der Waals surface area (Å²) < 4.78 is 5.75. The van der Waals surface area contributed by atoms with Crippen LogP contribution in [0.2, 0.25) is 5.02 Å². The van der Waals surface area contributed by atoms with E-state index in [1.54, 1.807) is 25.2 Å². The van der Waals surface area contributed by atoms with Crippen molar-refractivity contribution in [3.8, 4) is 5.75 Å². The van der Waals surface area contributed by atoms with Gasteiger partial charge in [-0.25, -0.2) is 4.99 Å². The molecule has 2 amide bonds. The fourth-order valence-electron chi connectivity index (χ4n) is 3.28. The number of nitrogens with zero attached hydrogens (tertiary/aromatic N) is 3. The molecule has 0 bridgehead atoms. The Morgan fingerprint density at radius 3 is 2.86 bits per heavy atom. The predicted octanol–water partition coefficient (Wildman–Crippen LogP) is 1.66. The van der Waals surface area contributed by atoms with Crippen LogP contribution in [0.25, 0.3) is 0 Å². The maximum atomic E-state index is 12.2. The number of aliphatic imine (C=N–C) groups is 1. The second-order valence-corrected chi connectivity index (χ2v) is 6.22. The minimum Gasteiger partial charge on any atom is -0.471 e. The van der Waals surface area contributed by atoms with Gasteiger partial charge in [0.2, 0.25) is 11.8 Å². The van der Waals surface area contributed by atoms with Gasteiger partial charge in [0, 0.05) is 25.0 Å². The van der Waals surface area contributed by atoms with Crippen molar-refractivity contribution in [1.82, 2.24) is 9.80 Å². The number of hydrogen-bond donors (Lipinski definition) is 0. The van der Waals surface area contributed by atoms with E-state index in [4.69, 9.17) is 16.3 Å². The topological polar surface area (TPSA) is 62.2 Å². The van der Waals surface area contributed by atoms with Crippen LogP contribution in [0.15, 0.2) is 23.2 Å². The number of hydrogen-bond acceptors (Lipinski definition) is 5. The lowest BCUT2D eigenvalue weighted by Crippen LogP contribution is -2.46. The van der Waals surface area contributed by atoms with Gasteiger partial charge in [0.05, 0.1) is 11.8 Å². The molecule has 3 aliphatic rings. The van der Waals surface area contributed by atoms with Crippen LogP contribution in [0.3, 0.4) is 0 Å². The molecule has 0 saturated carbocycles. The molecule has 2 fully saturated rings. The van der Waals surface area contributed by atoms with Crippen LogP contribution in [-0.4, -0.2) is 47.8 Å². The minimum absolute atomic E-state index is 0.112. The SMILES string of the molecule is CN1C(=O)C2CC3=Nc4cc(Cl)ccc4OCN3CC2C1=O. The van der Waals surface area contributed by atoms with Gasteiger partial charge >= 0.3 is 0 Å². The van der Waals surface area contributed by atoms with Gasteiger partial charge in [0.25, 0.3) is 0 Å². The number of piperidine rings is 1. The monoisotopic (exact) mass is 319 g/mol. The number of rotatable bonds is 0. The number of carbonyl (C=O) groups excluding carboxylic acids is 2. The van der Waals surface area contributed by atoms with Gasteiger partial charge < -0.3 is 9.64 Å². The number of amidine groups is 1. The summed E-state index contributed by atoms with van der Waals surface area (Å²) in [5.41, 5.74) is 0.661. The fourth-order valence-corrected chi connectivity index (χ4v) is 3.45. The summed E-state index contributed by atoms with van der Waals surface area (Å²) in [6.45, 7) is 0.780. The molecule has 7 heteroatoms. The van der Waals surface area contributed by atoms with E-state index in [1.165, 1.54) is 4.90 Å². The molecule has 6 nitrogen and oxygen atoms in total. The van der Waals surface area contributed by atoms with E-state index < -0.39 is 0 Å². The molecule has 0 N–H and O–H groups in total.